The molecule has 7 heteroatoms. The molecule has 2 aliphatic carbocycles. The third kappa shape index (κ3) is 7.97. The minimum atomic E-state index is -1.45. The van der Waals surface area contributed by atoms with Crippen molar-refractivity contribution in [3.05, 3.63) is 24.3 Å². The molecule has 2 saturated heterocycles. The van der Waals surface area contributed by atoms with Crippen molar-refractivity contribution in [1.82, 2.24) is 0 Å². The fraction of sp³-hybridized carbons (Fsp3) is 0.848. The third-order valence-electron chi connectivity index (χ3n) is 9.40. The lowest BCUT2D eigenvalue weighted by Crippen LogP contribution is -2.44. The van der Waals surface area contributed by atoms with Gasteiger partial charge in [0.05, 0.1) is 6.10 Å². The fourth-order valence-electron chi connectivity index (χ4n) is 6.68. The molecule has 0 bridgehead atoms. The Labute approximate surface area is 243 Å². The van der Waals surface area contributed by atoms with E-state index in [1.165, 1.54) is 0 Å². The van der Waals surface area contributed by atoms with Gasteiger partial charge in [-0.3, -0.25) is 0 Å². The summed E-state index contributed by atoms with van der Waals surface area (Å²) in [6, 6.07) is 0. The zero-order valence-electron chi connectivity index (χ0n) is 26.0. The molecular weight excluding hydrogens is 508 g/mol. The lowest BCUT2D eigenvalue weighted by atomic mass is 9.83. The second-order valence-electron chi connectivity index (χ2n) is 13.2. The van der Waals surface area contributed by atoms with Gasteiger partial charge in [0.25, 0.3) is 0 Å². The first-order valence-electron chi connectivity index (χ1n) is 16.5. The summed E-state index contributed by atoms with van der Waals surface area (Å²) in [5, 5.41) is 21.1. The van der Waals surface area contributed by atoms with Crippen molar-refractivity contribution >= 4 is 5.97 Å². The second kappa shape index (κ2) is 14.3. The summed E-state index contributed by atoms with van der Waals surface area (Å²) in [7, 11) is 0. The van der Waals surface area contributed by atoms with E-state index < -0.39 is 29.8 Å². The minimum absolute atomic E-state index is 0.0683. The van der Waals surface area contributed by atoms with Crippen LogP contribution in [0.5, 0.6) is 0 Å². The van der Waals surface area contributed by atoms with Crippen LogP contribution in [0.2, 0.25) is 0 Å². The first kappa shape index (κ1) is 30.2. The molecule has 4 fully saturated rings. The number of rotatable bonds is 15. The number of hydrogen-bond acceptors (Lipinski definition) is 6. The van der Waals surface area contributed by atoms with Crippen molar-refractivity contribution in [2.75, 3.05) is 13.2 Å². The van der Waals surface area contributed by atoms with Gasteiger partial charge in [0.1, 0.15) is 5.60 Å². The molecule has 0 aromatic carbocycles. The van der Waals surface area contributed by atoms with Crippen LogP contribution in [-0.2, 0) is 23.7 Å². The van der Waals surface area contributed by atoms with Crippen molar-refractivity contribution in [3.8, 4) is 0 Å². The number of allylic oxidation sites excluding steroid dienone is 3. The van der Waals surface area contributed by atoms with E-state index in [9.17, 15) is 15.0 Å². The first-order valence-corrected chi connectivity index (χ1v) is 15.9. The Kier molecular flexibility index (Phi) is 10.8. The van der Waals surface area contributed by atoms with Gasteiger partial charge in [-0.05, 0) is 94.3 Å². The third-order valence-corrected chi connectivity index (χ3v) is 9.40. The summed E-state index contributed by atoms with van der Waals surface area (Å²) in [6.45, 7) is 7.72. The second-order valence-corrected chi connectivity index (χ2v) is 13.2. The highest BCUT2D eigenvalue weighted by Crippen LogP contribution is 2.58. The molecule has 40 heavy (non-hydrogen) atoms. The SMILES string of the molecule is [2H][C@@H](C=C[C@H]1CC[C@H](O)[C@@H]1CC=CC[C@]1(OC2CCCCO2)C[C@@]1(OC1CCCCO1)C(=O)O)C(C)(C)CCCC. The Hall–Kier alpha value is -1.25. The first-order chi connectivity index (χ1) is 19.6. The van der Waals surface area contributed by atoms with Crippen molar-refractivity contribution < 1.29 is 35.3 Å². The van der Waals surface area contributed by atoms with E-state index in [0.717, 1.165) is 64.2 Å². The van der Waals surface area contributed by atoms with Crippen LogP contribution in [0.25, 0.3) is 0 Å². The smallest absolute Gasteiger partial charge is 0.339 e. The molecule has 4 rings (SSSR count). The van der Waals surface area contributed by atoms with Crippen molar-refractivity contribution in [1.29, 1.82) is 0 Å². The number of aliphatic hydroxyl groups is 1. The Morgan fingerprint density at radius 1 is 1.02 bits per heavy atom. The van der Waals surface area contributed by atoms with Gasteiger partial charge in [-0.25, -0.2) is 4.79 Å². The fourth-order valence-corrected chi connectivity index (χ4v) is 6.68. The lowest BCUT2D eigenvalue weighted by molar-refractivity contribution is -0.249. The van der Waals surface area contributed by atoms with Crippen LogP contribution in [0.3, 0.4) is 0 Å². The summed E-state index contributed by atoms with van der Waals surface area (Å²) in [4.78, 5) is 12.6. The van der Waals surface area contributed by atoms with Gasteiger partial charge in [-0.15, -0.1) is 0 Å². The molecule has 0 amide bonds. The van der Waals surface area contributed by atoms with Crippen LogP contribution in [0.15, 0.2) is 24.3 Å². The summed E-state index contributed by atoms with van der Waals surface area (Å²) < 4.78 is 32.9. The van der Waals surface area contributed by atoms with E-state index in [2.05, 4.69) is 32.9 Å². The van der Waals surface area contributed by atoms with Gasteiger partial charge in [0.2, 0.25) is 0 Å². The zero-order chi connectivity index (χ0) is 29.5. The maximum Gasteiger partial charge on any atom is 0.339 e. The van der Waals surface area contributed by atoms with E-state index in [1.54, 1.807) is 0 Å². The van der Waals surface area contributed by atoms with Crippen LogP contribution in [0.4, 0.5) is 0 Å². The van der Waals surface area contributed by atoms with Crippen molar-refractivity contribution in [3.63, 3.8) is 0 Å². The van der Waals surface area contributed by atoms with E-state index in [4.69, 9.17) is 20.3 Å². The monoisotopic (exact) mass is 563 g/mol. The van der Waals surface area contributed by atoms with Crippen LogP contribution >= 0.6 is 0 Å². The maximum absolute atomic E-state index is 12.6. The largest absolute Gasteiger partial charge is 0.479 e. The molecular formula is C33H54O7. The molecule has 4 aliphatic rings. The van der Waals surface area contributed by atoms with Crippen molar-refractivity contribution in [2.45, 2.75) is 147 Å². The van der Waals surface area contributed by atoms with Gasteiger partial charge < -0.3 is 29.2 Å². The number of aliphatic hydroxyl groups excluding tert-OH is 1. The molecule has 2 saturated carbocycles. The predicted octanol–water partition coefficient (Wildman–Crippen LogP) is 6.92. The van der Waals surface area contributed by atoms with E-state index in [1.807, 2.05) is 12.2 Å². The zero-order valence-corrected chi connectivity index (χ0v) is 25.0. The Balaban J connectivity index is 1.40. The molecule has 0 aromatic heterocycles. The Bertz CT molecular complexity index is 894. The number of carbonyl (C=O) groups is 1. The highest BCUT2D eigenvalue weighted by molar-refractivity contribution is 5.84. The average molecular weight is 564 g/mol. The topological polar surface area (TPSA) is 94.5 Å². The molecule has 2 N–H and O–H groups in total. The Morgan fingerprint density at radius 3 is 2.35 bits per heavy atom. The summed E-state index contributed by atoms with van der Waals surface area (Å²) in [5.74, 6) is -0.697. The molecule has 0 aromatic rings. The number of aliphatic carboxylic acids is 1. The highest BCUT2D eigenvalue weighted by atomic mass is 16.7. The number of hydrogen-bond donors (Lipinski definition) is 2. The van der Waals surface area contributed by atoms with Crippen LogP contribution in [0.1, 0.15) is 118 Å². The molecule has 8 atom stereocenters. The van der Waals surface area contributed by atoms with Crippen molar-refractivity contribution in [2.24, 2.45) is 17.3 Å². The quantitative estimate of drug-likeness (QED) is 0.209. The van der Waals surface area contributed by atoms with Crippen LogP contribution < -0.4 is 0 Å². The standard InChI is InChI=1S/C33H54O7/c1-4-5-19-31(2,3)20-12-13-25-17-18-27(34)26(25)14-6-9-21-32(39-28-15-7-10-22-37-28)24-33(32,30(35)36)40-29-16-8-11-23-38-29/h6,9,12-13,25-29,34H,4-5,7-8,10-11,14-24H2,1-3H3,(H,35,36)/t25-,26+,27-,28?,29?,32-,33+/m0/s1/i20D/t20-,25-,26+,27-,28?,29?,32-,33+. The molecule has 0 spiro atoms. The Morgan fingerprint density at radius 2 is 1.73 bits per heavy atom. The van der Waals surface area contributed by atoms with E-state index >= 15 is 0 Å². The molecule has 7 nitrogen and oxygen atoms in total. The minimum Gasteiger partial charge on any atom is -0.479 e. The van der Waals surface area contributed by atoms with Crippen LogP contribution in [-0.4, -0.2) is 59.3 Å². The summed E-state index contributed by atoms with van der Waals surface area (Å²) in [5.41, 5.74) is -2.53. The number of ether oxygens (including phenoxy) is 4. The summed E-state index contributed by atoms with van der Waals surface area (Å²) in [6.07, 6.45) is 18.3. The predicted molar refractivity (Wildman–Crippen MR) is 155 cm³/mol. The van der Waals surface area contributed by atoms with Gasteiger partial charge in [-0.2, -0.15) is 0 Å². The van der Waals surface area contributed by atoms with E-state index in [0.29, 0.717) is 32.5 Å². The number of carboxylic acids is 1. The number of unbranched alkanes of at least 4 members (excludes halogenated alkanes) is 1. The van der Waals surface area contributed by atoms with Crippen LogP contribution in [0, 0.1) is 17.3 Å². The molecule has 2 aliphatic heterocycles. The molecule has 0 radical (unpaired) electrons. The average Bonchev–Trinajstić information content (AvgIpc) is 3.44. The van der Waals surface area contributed by atoms with Gasteiger partial charge in [-0.1, -0.05) is 57.9 Å². The molecule has 2 heterocycles. The summed E-state index contributed by atoms with van der Waals surface area (Å²) >= 11 is 0. The lowest BCUT2D eigenvalue weighted by Gasteiger charge is -2.32. The number of carboxylic acid groups (broad SMARTS) is 1. The van der Waals surface area contributed by atoms with E-state index in [-0.39, 0.29) is 36.2 Å². The highest BCUT2D eigenvalue weighted by Gasteiger charge is 2.76. The maximum atomic E-state index is 12.6. The molecule has 2 unspecified atom stereocenters. The van der Waals surface area contributed by atoms with Gasteiger partial charge in [0, 0.05) is 21.0 Å². The molecule has 228 valence electrons. The van der Waals surface area contributed by atoms with Gasteiger partial charge >= 0.3 is 5.97 Å². The normalized spacial score (nSPS) is 38.1. The van der Waals surface area contributed by atoms with Gasteiger partial charge in [0.15, 0.2) is 18.2 Å².